The second-order valence-electron chi connectivity index (χ2n) is 3.10. The number of carbonyl (C=O) groups excluding carboxylic acids is 2. The molecule has 2 amide bonds. The van der Waals surface area contributed by atoms with Crippen LogP contribution in [-0.2, 0) is 9.59 Å². The van der Waals surface area contributed by atoms with E-state index in [1.165, 1.54) is 4.90 Å². The fourth-order valence-corrected chi connectivity index (χ4v) is 1.39. The van der Waals surface area contributed by atoms with Gasteiger partial charge in [0, 0.05) is 25.8 Å². The van der Waals surface area contributed by atoms with Gasteiger partial charge in [0.15, 0.2) is 0 Å². The van der Waals surface area contributed by atoms with Crippen LogP contribution in [0.1, 0.15) is 32.1 Å². The molecule has 1 aliphatic heterocycles. The summed E-state index contributed by atoms with van der Waals surface area (Å²) in [4.78, 5) is 23.8. The topological polar surface area (TPSA) is 37.4 Å². The molecule has 0 unspecified atom stereocenters. The first kappa shape index (κ1) is 9.79. The zero-order chi connectivity index (χ0) is 9.68. The summed E-state index contributed by atoms with van der Waals surface area (Å²) in [6.07, 6.45) is 8.11. The third kappa shape index (κ3) is 2.59. The van der Waals surface area contributed by atoms with Crippen LogP contribution < -0.4 is 0 Å². The minimum atomic E-state index is -0.0479. The second-order valence-corrected chi connectivity index (χ2v) is 3.10. The molecule has 0 aromatic carbocycles. The van der Waals surface area contributed by atoms with Gasteiger partial charge in [-0.15, -0.1) is 12.3 Å². The van der Waals surface area contributed by atoms with Crippen LogP contribution in [-0.4, -0.2) is 23.3 Å². The van der Waals surface area contributed by atoms with E-state index in [1.54, 1.807) is 0 Å². The number of likely N-dealkylation sites (tertiary alicyclic amines) is 1. The Bertz CT molecular complexity index is 236. The first-order valence-electron chi connectivity index (χ1n) is 4.52. The zero-order valence-corrected chi connectivity index (χ0v) is 7.58. The zero-order valence-electron chi connectivity index (χ0n) is 7.58. The summed E-state index contributed by atoms with van der Waals surface area (Å²) in [6.45, 7) is 0.488. The number of piperidine rings is 1. The molecule has 1 aliphatic rings. The molecule has 3 heteroatoms. The highest BCUT2D eigenvalue weighted by Crippen LogP contribution is 2.12. The molecule has 0 atom stereocenters. The smallest absolute Gasteiger partial charge is 0.229 e. The SMILES string of the molecule is C#CCCCN1C(=O)CCCC1=O. The molecule has 1 fully saturated rings. The minimum absolute atomic E-state index is 0.0479. The molecule has 0 radical (unpaired) electrons. The van der Waals surface area contributed by atoms with E-state index in [4.69, 9.17) is 6.42 Å². The van der Waals surface area contributed by atoms with Gasteiger partial charge >= 0.3 is 0 Å². The van der Waals surface area contributed by atoms with Gasteiger partial charge in [-0.05, 0) is 12.8 Å². The van der Waals surface area contributed by atoms with Gasteiger partial charge in [0.25, 0.3) is 0 Å². The van der Waals surface area contributed by atoms with Crippen molar-refractivity contribution in [2.45, 2.75) is 32.1 Å². The number of terminal acetylenes is 1. The van der Waals surface area contributed by atoms with Crippen molar-refractivity contribution in [2.24, 2.45) is 0 Å². The number of carbonyl (C=O) groups is 2. The van der Waals surface area contributed by atoms with E-state index in [9.17, 15) is 9.59 Å². The highest BCUT2D eigenvalue weighted by atomic mass is 16.2. The lowest BCUT2D eigenvalue weighted by Crippen LogP contribution is -2.40. The van der Waals surface area contributed by atoms with Gasteiger partial charge in [0.05, 0.1) is 0 Å². The fraction of sp³-hybridized carbons (Fsp3) is 0.600. The van der Waals surface area contributed by atoms with E-state index in [2.05, 4.69) is 5.92 Å². The van der Waals surface area contributed by atoms with E-state index in [0.717, 1.165) is 0 Å². The van der Waals surface area contributed by atoms with Gasteiger partial charge in [0.1, 0.15) is 0 Å². The van der Waals surface area contributed by atoms with E-state index < -0.39 is 0 Å². The van der Waals surface area contributed by atoms with Gasteiger partial charge in [-0.25, -0.2) is 0 Å². The van der Waals surface area contributed by atoms with Gasteiger partial charge in [-0.3, -0.25) is 14.5 Å². The number of hydrogen-bond acceptors (Lipinski definition) is 2. The molecule has 3 nitrogen and oxygen atoms in total. The molecular formula is C10H13NO2. The van der Waals surface area contributed by atoms with Crippen molar-refractivity contribution >= 4 is 11.8 Å². The van der Waals surface area contributed by atoms with Crippen LogP contribution in [0.4, 0.5) is 0 Å². The molecule has 70 valence electrons. The molecule has 0 N–H and O–H groups in total. The molecular weight excluding hydrogens is 166 g/mol. The minimum Gasteiger partial charge on any atom is -0.283 e. The van der Waals surface area contributed by atoms with Crippen molar-refractivity contribution in [3.05, 3.63) is 0 Å². The average Bonchev–Trinajstić information content (AvgIpc) is 2.10. The largest absolute Gasteiger partial charge is 0.283 e. The molecule has 1 saturated heterocycles. The first-order valence-corrected chi connectivity index (χ1v) is 4.52. The fourth-order valence-electron chi connectivity index (χ4n) is 1.39. The molecule has 1 rings (SSSR count). The lowest BCUT2D eigenvalue weighted by atomic mass is 10.1. The molecule has 13 heavy (non-hydrogen) atoms. The van der Waals surface area contributed by atoms with E-state index in [0.29, 0.717) is 38.6 Å². The van der Waals surface area contributed by atoms with Crippen LogP contribution >= 0.6 is 0 Å². The van der Waals surface area contributed by atoms with Crippen molar-refractivity contribution in [1.29, 1.82) is 0 Å². The Labute approximate surface area is 78.1 Å². The third-order valence-electron chi connectivity index (χ3n) is 2.09. The molecule has 0 aromatic rings. The number of unbranched alkanes of at least 4 members (excludes halogenated alkanes) is 1. The van der Waals surface area contributed by atoms with Gasteiger partial charge in [0.2, 0.25) is 11.8 Å². The predicted molar refractivity (Wildman–Crippen MR) is 48.6 cm³/mol. The summed E-state index contributed by atoms with van der Waals surface area (Å²) in [5.41, 5.74) is 0. The molecule has 0 aliphatic carbocycles. The van der Waals surface area contributed by atoms with Gasteiger partial charge < -0.3 is 0 Å². The van der Waals surface area contributed by atoms with Crippen molar-refractivity contribution in [1.82, 2.24) is 4.90 Å². The predicted octanol–water partition coefficient (Wildman–Crippen LogP) is 0.939. The molecule has 0 saturated carbocycles. The Morgan fingerprint density at radius 3 is 2.46 bits per heavy atom. The third-order valence-corrected chi connectivity index (χ3v) is 2.09. The van der Waals surface area contributed by atoms with Crippen molar-refractivity contribution in [2.75, 3.05) is 6.54 Å². The Morgan fingerprint density at radius 2 is 1.92 bits per heavy atom. The Morgan fingerprint density at radius 1 is 1.31 bits per heavy atom. The summed E-state index contributed by atoms with van der Waals surface area (Å²) in [5, 5.41) is 0. The maximum atomic E-state index is 11.3. The highest BCUT2D eigenvalue weighted by molar-refractivity contribution is 5.97. The van der Waals surface area contributed by atoms with E-state index in [-0.39, 0.29) is 11.8 Å². The summed E-state index contributed by atoms with van der Waals surface area (Å²) in [5.74, 6) is 2.39. The Hall–Kier alpha value is -1.30. The monoisotopic (exact) mass is 179 g/mol. The first-order chi connectivity index (χ1) is 6.25. The molecule has 0 bridgehead atoms. The lowest BCUT2D eigenvalue weighted by Gasteiger charge is -2.24. The summed E-state index contributed by atoms with van der Waals surface area (Å²) >= 11 is 0. The standard InChI is InChI=1S/C10H13NO2/c1-2-3-4-8-11-9(12)6-5-7-10(11)13/h1H,3-8H2. The molecule has 0 spiro atoms. The van der Waals surface area contributed by atoms with Crippen molar-refractivity contribution in [3.8, 4) is 12.3 Å². The number of nitrogens with zero attached hydrogens (tertiary/aromatic N) is 1. The van der Waals surface area contributed by atoms with E-state index >= 15 is 0 Å². The van der Waals surface area contributed by atoms with Crippen molar-refractivity contribution in [3.63, 3.8) is 0 Å². The van der Waals surface area contributed by atoms with E-state index in [1.807, 2.05) is 0 Å². The van der Waals surface area contributed by atoms with Crippen LogP contribution in [0.25, 0.3) is 0 Å². The maximum absolute atomic E-state index is 11.3. The highest BCUT2D eigenvalue weighted by Gasteiger charge is 2.24. The average molecular weight is 179 g/mol. The number of rotatable bonds is 3. The summed E-state index contributed by atoms with van der Waals surface area (Å²) in [6, 6.07) is 0. The normalized spacial score (nSPS) is 17.3. The quantitative estimate of drug-likeness (QED) is 0.367. The van der Waals surface area contributed by atoms with Gasteiger partial charge in [-0.1, -0.05) is 0 Å². The lowest BCUT2D eigenvalue weighted by molar-refractivity contribution is -0.147. The van der Waals surface area contributed by atoms with Crippen LogP contribution in [0.2, 0.25) is 0 Å². The van der Waals surface area contributed by atoms with Crippen LogP contribution in [0, 0.1) is 12.3 Å². The van der Waals surface area contributed by atoms with Crippen LogP contribution in [0.3, 0.4) is 0 Å². The summed E-state index contributed by atoms with van der Waals surface area (Å²) in [7, 11) is 0. The summed E-state index contributed by atoms with van der Waals surface area (Å²) < 4.78 is 0. The molecule has 0 aromatic heterocycles. The number of hydrogen-bond donors (Lipinski definition) is 0. The van der Waals surface area contributed by atoms with Gasteiger partial charge in [-0.2, -0.15) is 0 Å². The Kier molecular flexibility index (Phi) is 3.51. The molecule has 1 heterocycles. The second kappa shape index (κ2) is 4.66. The van der Waals surface area contributed by atoms with Crippen LogP contribution in [0.15, 0.2) is 0 Å². The number of amides is 2. The van der Waals surface area contributed by atoms with Crippen LogP contribution in [0.5, 0.6) is 0 Å². The maximum Gasteiger partial charge on any atom is 0.229 e. The van der Waals surface area contributed by atoms with Crippen molar-refractivity contribution < 1.29 is 9.59 Å². The Balaban J connectivity index is 2.41. The number of imide groups is 1.